The molecule has 2 aromatic rings. The summed E-state index contributed by atoms with van der Waals surface area (Å²) in [5, 5.41) is 0. The van der Waals surface area contributed by atoms with Crippen molar-refractivity contribution in [3.05, 3.63) is 65.4 Å². The predicted molar refractivity (Wildman–Crippen MR) is 88.2 cm³/mol. The van der Waals surface area contributed by atoms with E-state index in [1.165, 1.54) is 0 Å². The van der Waals surface area contributed by atoms with Gasteiger partial charge in [0.2, 0.25) is 6.29 Å². The normalized spacial score (nSPS) is 16.7. The van der Waals surface area contributed by atoms with Crippen molar-refractivity contribution in [1.29, 1.82) is 0 Å². The Bertz CT molecular complexity index is 684. The third-order valence-corrected chi connectivity index (χ3v) is 3.71. The number of benzene rings is 2. The van der Waals surface area contributed by atoms with Crippen molar-refractivity contribution >= 4 is 5.76 Å². The highest BCUT2D eigenvalue weighted by atomic mass is 16.7. The second-order valence-corrected chi connectivity index (χ2v) is 5.26. The van der Waals surface area contributed by atoms with Crippen LogP contribution in [-0.4, -0.2) is 20.5 Å². The van der Waals surface area contributed by atoms with E-state index in [2.05, 4.69) is 12.1 Å². The molecule has 1 atom stereocenters. The van der Waals surface area contributed by atoms with Crippen LogP contribution in [0.1, 0.15) is 18.1 Å². The first-order valence-corrected chi connectivity index (χ1v) is 7.54. The summed E-state index contributed by atoms with van der Waals surface area (Å²) in [6, 6.07) is 15.8. The van der Waals surface area contributed by atoms with E-state index in [1.54, 1.807) is 14.2 Å². The molecule has 0 aliphatic carbocycles. The van der Waals surface area contributed by atoms with Crippen molar-refractivity contribution in [3.8, 4) is 11.5 Å². The van der Waals surface area contributed by atoms with Gasteiger partial charge in [-0.2, -0.15) is 0 Å². The Balaban J connectivity index is 2.06. The van der Waals surface area contributed by atoms with Crippen LogP contribution >= 0.6 is 0 Å². The van der Waals surface area contributed by atoms with Crippen molar-refractivity contribution in [1.82, 2.24) is 0 Å². The summed E-state index contributed by atoms with van der Waals surface area (Å²) < 4.78 is 22.8. The van der Waals surface area contributed by atoms with Crippen LogP contribution in [0.3, 0.4) is 0 Å². The summed E-state index contributed by atoms with van der Waals surface area (Å²) in [6.07, 6.45) is 0.320. The first kappa shape index (κ1) is 15.3. The fraction of sp³-hybridized carbons (Fsp3) is 0.263. The maximum atomic E-state index is 5.91. The highest BCUT2D eigenvalue weighted by molar-refractivity contribution is 5.74. The summed E-state index contributed by atoms with van der Waals surface area (Å²) in [6.45, 7) is 1.87. The molecule has 1 aliphatic heterocycles. The lowest BCUT2D eigenvalue weighted by Gasteiger charge is -2.14. The van der Waals surface area contributed by atoms with E-state index in [4.69, 9.17) is 18.9 Å². The van der Waals surface area contributed by atoms with E-state index in [0.717, 1.165) is 16.9 Å². The quantitative estimate of drug-likeness (QED) is 0.836. The topological polar surface area (TPSA) is 36.9 Å². The summed E-state index contributed by atoms with van der Waals surface area (Å²) >= 11 is 0. The molecule has 1 aliphatic rings. The summed E-state index contributed by atoms with van der Waals surface area (Å²) in [5.41, 5.74) is 1.94. The number of methoxy groups -OCH3 is 2. The van der Waals surface area contributed by atoms with Crippen molar-refractivity contribution < 1.29 is 18.9 Å². The van der Waals surface area contributed by atoms with Crippen molar-refractivity contribution in [2.45, 2.75) is 19.6 Å². The Morgan fingerprint density at radius 2 is 1.52 bits per heavy atom. The zero-order valence-corrected chi connectivity index (χ0v) is 13.5. The minimum atomic E-state index is -0.335. The Morgan fingerprint density at radius 3 is 2.13 bits per heavy atom. The maximum absolute atomic E-state index is 5.91. The van der Waals surface area contributed by atoms with Gasteiger partial charge in [-0.1, -0.05) is 36.4 Å². The van der Waals surface area contributed by atoms with Crippen LogP contribution in [0.25, 0.3) is 5.76 Å². The van der Waals surface area contributed by atoms with Crippen LogP contribution in [0, 0.1) is 0 Å². The zero-order chi connectivity index (χ0) is 16.2. The van der Waals surface area contributed by atoms with E-state index in [0.29, 0.717) is 23.7 Å². The predicted octanol–water partition coefficient (Wildman–Crippen LogP) is 4.01. The summed E-state index contributed by atoms with van der Waals surface area (Å²) in [4.78, 5) is 0. The third kappa shape index (κ3) is 3.11. The average molecular weight is 312 g/mol. The zero-order valence-electron chi connectivity index (χ0n) is 13.5. The van der Waals surface area contributed by atoms with E-state index in [1.807, 2.05) is 43.3 Å². The molecular weight excluding hydrogens is 292 g/mol. The molecule has 120 valence electrons. The molecule has 0 N–H and O–H groups in total. The molecule has 0 aromatic heterocycles. The molecule has 0 spiro atoms. The molecule has 3 rings (SSSR count). The van der Waals surface area contributed by atoms with Gasteiger partial charge in [0, 0.05) is 13.3 Å². The van der Waals surface area contributed by atoms with Crippen LogP contribution in [0.5, 0.6) is 11.5 Å². The van der Waals surface area contributed by atoms with E-state index in [9.17, 15) is 0 Å². The summed E-state index contributed by atoms with van der Waals surface area (Å²) in [5.74, 6) is 2.85. The van der Waals surface area contributed by atoms with Crippen LogP contribution in [-0.2, 0) is 15.9 Å². The van der Waals surface area contributed by atoms with E-state index >= 15 is 0 Å². The van der Waals surface area contributed by atoms with Crippen LogP contribution in [0.2, 0.25) is 0 Å². The Kier molecular flexibility index (Phi) is 4.42. The number of rotatable bonds is 5. The van der Waals surface area contributed by atoms with Crippen molar-refractivity contribution in [2.24, 2.45) is 0 Å². The van der Waals surface area contributed by atoms with Crippen molar-refractivity contribution in [3.63, 3.8) is 0 Å². The van der Waals surface area contributed by atoms with E-state index < -0.39 is 0 Å². The monoisotopic (exact) mass is 312 g/mol. The van der Waals surface area contributed by atoms with Gasteiger partial charge in [0.25, 0.3) is 0 Å². The minimum absolute atomic E-state index is 0.335. The van der Waals surface area contributed by atoms with Crippen LogP contribution in [0.4, 0.5) is 0 Å². The van der Waals surface area contributed by atoms with E-state index in [-0.39, 0.29) is 6.29 Å². The SMILES string of the molecule is COc1cccc(OC)c1C1=C(Cc2ccccc2)OC(C)O1. The molecule has 2 aromatic carbocycles. The second-order valence-electron chi connectivity index (χ2n) is 5.26. The highest BCUT2D eigenvalue weighted by Gasteiger charge is 2.29. The van der Waals surface area contributed by atoms with Gasteiger partial charge in [-0.3, -0.25) is 0 Å². The average Bonchev–Trinajstić information content (AvgIpc) is 2.94. The first-order chi connectivity index (χ1) is 11.2. The molecule has 4 heteroatoms. The number of hydrogen-bond donors (Lipinski definition) is 0. The second kappa shape index (κ2) is 6.65. The summed E-state index contributed by atoms with van der Waals surface area (Å²) in [7, 11) is 3.27. The molecule has 23 heavy (non-hydrogen) atoms. The Hall–Kier alpha value is -2.62. The van der Waals surface area contributed by atoms with Gasteiger partial charge in [0.15, 0.2) is 5.76 Å². The standard InChI is InChI=1S/C19H20O4/c1-13-22-17(12-14-8-5-4-6-9-14)19(23-13)18-15(20-2)10-7-11-16(18)21-3/h4-11,13H,12H2,1-3H3. The van der Waals surface area contributed by atoms with Crippen LogP contribution < -0.4 is 9.47 Å². The molecule has 0 amide bonds. The smallest absolute Gasteiger partial charge is 0.238 e. The molecule has 0 bridgehead atoms. The molecule has 0 fully saturated rings. The van der Waals surface area contributed by atoms with Crippen LogP contribution in [0.15, 0.2) is 54.3 Å². The Morgan fingerprint density at radius 1 is 0.870 bits per heavy atom. The third-order valence-electron chi connectivity index (χ3n) is 3.71. The first-order valence-electron chi connectivity index (χ1n) is 7.54. The number of hydrogen-bond acceptors (Lipinski definition) is 4. The van der Waals surface area contributed by atoms with Crippen molar-refractivity contribution in [2.75, 3.05) is 14.2 Å². The van der Waals surface area contributed by atoms with Gasteiger partial charge in [0.1, 0.15) is 22.8 Å². The highest BCUT2D eigenvalue weighted by Crippen LogP contribution is 2.41. The molecule has 0 saturated heterocycles. The lowest BCUT2D eigenvalue weighted by Crippen LogP contribution is -2.02. The van der Waals surface area contributed by atoms with Gasteiger partial charge >= 0.3 is 0 Å². The molecule has 0 saturated carbocycles. The maximum Gasteiger partial charge on any atom is 0.238 e. The van der Waals surface area contributed by atoms with Gasteiger partial charge in [-0.05, 0) is 17.7 Å². The molecule has 0 radical (unpaired) electrons. The lowest BCUT2D eigenvalue weighted by molar-refractivity contribution is -0.00983. The molecular formula is C19H20O4. The Labute approximate surface area is 136 Å². The molecule has 1 unspecified atom stereocenters. The number of ether oxygens (including phenoxy) is 4. The van der Waals surface area contributed by atoms with Gasteiger partial charge < -0.3 is 18.9 Å². The van der Waals surface area contributed by atoms with Gasteiger partial charge in [-0.15, -0.1) is 0 Å². The minimum Gasteiger partial charge on any atom is -0.496 e. The van der Waals surface area contributed by atoms with Gasteiger partial charge in [-0.25, -0.2) is 0 Å². The largest absolute Gasteiger partial charge is 0.496 e. The molecule has 4 nitrogen and oxygen atoms in total. The van der Waals surface area contributed by atoms with Gasteiger partial charge in [0.05, 0.1) is 14.2 Å². The molecule has 1 heterocycles. The fourth-order valence-corrected chi connectivity index (χ4v) is 2.69. The number of allylic oxidation sites excluding steroid dienone is 1. The fourth-order valence-electron chi connectivity index (χ4n) is 2.69. The lowest BCUT2D eigenvalue weighted by atomic mass is 10.1.